The fourth-order valence-corrected chi connectivity index (χ4v) is 4.85. The highest BCUT2D eigenvalue weighted by Crippen LogP contribution is 2.31. The summed E-state index contributed by atoms with van der Waals surface area (Å²) < 4.78 is 15.3. The number of hydrogen-bond acceptors (Lipinski definition) is 8. The molecule has 3 atom stereocenters. The van der Waals surface area contributed by atoms with Gasteiger partial charge in [0.1, 0.15) is 0 Å². The van der Waals surface area contributed by atoms with Gasteiger partial charge in [0.25, 0.3) is 0 Å². The second-order valence-electron chi connectivity index (χ2n) is 9.17. The summed E-state index contributed by atoms with van der Waals surface area (Å²) in [5.41, 5.74) is 4.99. The van der Waals surface area contributed by atoms with E-state index in [1.165, 1.54) is 0 Å². The third-order valence-electron chi connectivity index (χ3n) is 6.76. The number of nitrogens with zero attached hydrogens (tertiary/aromatic N) is 5. The van der Waals surface area contributed by atoms with Gasteiger partial charge in [0.15, 0.2) is 11.6 Å². The van der Waals surface area contributed by atoms with Crippen molar-refractivity contribution in [3.8, 4) is 0 Å². The van der Waals surface area contributed by atoms with E-state index in [0.29, 0.717) is 30.5 Å². The fourth-order valence-electron chi connectivity index (χ4n) is 4.68. The lowest BCUT2D eigenvalue weighted by atomic mass is 9.92. The normalized spacial score (nSPS) is 22.8. The Morgan fingerprint density at radius 1 is 1.30 bits per heavy atom. The average molecular weight is 486 g/mol. The van der Waals surface area contributed by atoms with Gasteiger partial charge in [0, 0.05) is 25.2 Å². The molecule has 33 heavy (non-hydrogen) atoms. The van der Waals surface area contributed by atoms with Gasteiger partial charge in [-0.25, -0.2) is 5.06 Å². The number of anilines is 2. The van der Waals surface area contributed by atoms with Gasteiger partial charge in [-0.3, -0.25) is 30.5 Å². The fraction of sp³-hybridized carbons (Fsp3) is 0.714. The van der Waals surface area contributed by atoms with Crippen molar-refractivity contribution in [2.75, 3.05) is 37.0 Å². The first-order chi connectivity index (χ1) is 15.7. The van der Waals surface area contributed by atoms with Crippen molar-refractivity contribution in [1.82, 2.24) is 25.4 Å². The number of hydrogen-bond donors (Lipinski definition) is 3. The van der Waals surface area contributed by atoms with Gasteiger partial charge in [-0.2, -0.15) is 14.4 Å². The van der Waals surface area contributed by atoms with Crippen molar-refractivity contribution in [1.29, 1.82) is 0 Å². The number of hydroxylamine groups is 2. The lowest BCUT2D eigenvalue weighted by Crippen LogP contribution is -2.55. The Labute approximate surface area is 198 Å². The number of likely N-dealkylation sites (N-methyl/N-ethyl adjacent to an activating group) is 1. The van der Waals surface area contributed by atoms with E-state index in [-0.39, 0.29) is 42.0 Å². The molecule has 2 heterocycles. The molecular weight excluding hydrogens is 453 g/mol. The molecule has 0 aromatic carbocycles. The molecule has 3 rings (SSSR count). The van der Waals surface area contributed by atoms with E-state index >= 15 is 4.39 Å². The van der Waals surface area contributed by atoms with Gasteiger partial charge in [-0.1, -0.05) is 25.7 Å². The molecule has 1 saturated heterocycles. The molecule has 0 spiro atoms. The minimum absolute atomic E-state index is 0.0727. The molecule has 1 aliphatic carbocycles. The summed E-state index contributed by atoms with van der Waals surface area (Å²) in [4.78, 5) is 35.7. The zero-order valence-electron chi connectivity index (χ0n) is 19.3. The molecule has 0 bridgehead atoms. The summed E-state index contributed by atoms with van der Waals surface area (Å²) in [6.07, 6.45) is 5.00. The monoisotopic (exact) mass is 485 g/mol. The number of aromatic nitrogens is 2. The maximum atomic E-state index is 15.3. The lowest BCUT2D eigenvalue weighted by Gasteiger charge is -2.43. The van der Waals surface area contributed by atoms with Crippen molar-refractivity contribution < 1.29 is 19.2 Å². The Bertz CT molecular complexity index is 830. The summed E-state index contributed by atoms with van der Waals surface area (Å²) in [5, 5.41) is 9.92. The van der Waals surface area contributed by atoms with Crippen LogP contribution in [0.5, 0.6) is 0 Å². The van der Waals surface area contributed by atoms with Crippen molar-refractivity contribution >= 4 is 35.6 Å². The summed E-state index contributed by atoms with van der Waals surface area (Å²) in [6, 6.07) is 0.377. The van der Waals surface area contributed by atoms with Crippen LogP contribution in [0.25, 0.3) is 0 Å². The lowest BCUT2D eigenvalue weighted by molar-refractivity contribution is -0.154. The molecule has 184 valence electrons. The Balaban J connectivity index is 1.71. The van der Waals surface area contributed by atoms with Crippen LogP contribution in [0, 0.1) is 17.7 Å². The van der Waals surface area contributed by atoms with E-state index in [2.05, 4.69) is 39.6 Å². The van der Waals surface area contributed by atoms with E-state index in [9.17, 15) is 14.8 Å². The molecule has 10 nitrogen and oxygen atoms in total. The van der Waals surface area contributed by atoms with Crippen molar-refractivity contribution in [3.63, 3.8) is 0 Å². The summed E-state index contributed by atoms with van der Waals surface area (Å²) in [5.74, 6) is -1.67. The number of carbonyl (C=O) groups is 2. The number of piperazine rings is 1. The van der Waals surface area contributed by atoms with E-state index in [0.717, 1.165) is 25.7 Å². The van der Waals surface area contributed by atoms with E-state index in [1.54, 1.807) is 0 Å². The largest absolute Gasteiger partial charge is 0.351 e. The molecule has 2 fully saturated rings. The first-order valence-corrected chi connectivity index (χ1v) is 11.7. The second kappa shape index (κ2) is 11.3. The maximum absolute atomic E-state index is 15.3. The minimum Gasteiger partial charge on any atom is -0.351 e. The smallest absolute Gasteiger partial charge is 0.243 e. The number of hydrazine groups is 1. The molecule has 1 aromatic heterocycles. The van der Waals surface area contributed by atoms with Crippen LogP contribution in [0.15, 0.2) is 0 Å². The Morgan fingerprint density at radius 3 is 2.55 bits per heavy atom. The number of rotatable bonds is 9. The molecular formula is C21H33ClFN7O3. The highest BCUT2D eigenvalue weighted by Gasteiger charge is 2.31. The number of amides is 2. The average Bonchev–Trinajstić information content (AvgIpc) is 3.29. The van der Waals surface area contributed by atoms with E-state index < -0.39 is 17.6 Å². The van der Waals surface area contributed by atoms with Gasteiger partial charge in [0.05, 0.1) is 12.5 Å². The highest BCUT2D eigenvalue weighted by atomic mass is 35.5. The molecule has 1 aliphatic heterocycles. The Morgan fingerprint density at radius 2 is 1.94 bits per heavy atom. The molecule has 3 unspecified atom stereocenters. The Kier molecular flexibility index (Phi) is 8.66. The second-order valence-corrected chi connectivity index (χ2v) is 9.51. The molecule has 1 aromatic rings. The van der Waals surface area contributed by atoms with Gasteiger partial charge in [-0.15, -0.1) is 0 Å². The van der Waals surface area contributed by atoms with Crippen molar-refractivity contribution in [2.24, 2.45) is 11.8 Å². The van der Waals surface area contributed by atoms with Crippen molar-refractivity contribution in [3.05, 3.63) is 11.1 Å². The van der Waals surface area contributed by atoms with Gasteiger partial charge < -0.3 is 4.90 Å². The third-order valence-corrected chi connectivity index (χ3v) is 6.93. The topological polar surface area (TPSA) is 114 Å². The molecule has 2 amide bonds. The zero-order valence-corrected chi connectivity index (χ0v) is 20.1. The first kappa shape index (κ1) is 25.4. The molecule has 3 N–H and O–H groups in total. The number of halogens is 2. The van der Waals surface area contributed by atoms with Gasteiger partial charge in [0.2, 0.25) is 23.4 Å². The minimum atomic E-state index is -0.715. The number of carbonyl (C=O) groups excluding carboxylic acids is 2. The summed E-state index contributed by atoms with van der Waals surface area (Å²) in [7, 11) is 2.03. The maximum Gasteiger partial charge on any atom is 0.243 e. The first-order valence-electron chi connectivity index (χ1n) is 11.4. The molecule has 1 saturated carbocycles. The number of nitrogens with one attached hydrogen (secondary N) is 2. The van der Waals surface area contributed by atoms with Crippen molar-refractivity contribution in [2.45, 2.75) is 58.0 Å². The van der Waals surface area contributed by atoms with E-state index in [4.69, 9.17) is 11.6 Å². The van der Waals surface area contributed by atoms with Gasteiger partial charge >= 0.3 is 0 Å². The van der Waals surface area contributed by atoms with Crippen LogP contribution < -0.4 is 15.8 Å². The zero-order chi connectivity index (χ0) is 24.1. The van der Waals surface area contributed by atoms with Crippen LogP contribution in [0.1, 0.15) is 46.0 Å². The van der Waals surface area contributed by atoms with Crippen LogP contribution >= 0.6 is 11.6 Å². The third kappa shape index (κ3) is 6.42. The summed E-state index contributed by atoms with van der Waals surface area (Å²) >= 11 is 6.06. The highest BCUT2D eigenvalue weighted by molar-refractivity contribution is 6.28. The van der Waals surface area contributed by atoms with E-state index in [1.807, 2.05) is 11.9 Å². The van der Waals surface area contributed by atoms with Crippen LogP contribution in [0.2, 0.25) is 5.28 Å². The van der Waals surface area contributed by atoms with Gasteiger partial charge in [-0.05, 0) is 44.8 Å². The predicted molar refractivity (Wildman–Crippen MR) is 122 cm³/mol. The van der Waals surface area contributed by atoms with Crippen LogP contribution in [0.3, 0.4) is 0 Å². The molecule has 12 heteroatoms. The predicted octanol–water partition coefficient (Wildman–Crippen LogP) is 2.29. The Hall–Kier alpha value is -2.24. The molecule has 2 aliphatic rings. The SMILES string of the molecule is CC1CN(c2nc(Cl)nc(NNC(=O)C(CC3CCCC3)CN(O)C=O)c2F)CC(C)N1C. The van der Waals surface area contributed by atoms with Crippen LogP contribution in [-0.2, 0) is 9.59 Å². The molecule has 0 radical (unpaired) electrons. The van der Waals surface area contributed by atoms with Crippen LogP contribution in [0.4, 0.5) is 16.0 Å². The standard InChI is InChI=1S/C21H33ClFN7O3/c1-13-9-29(10-14(2)28(13)3)19-17(23)18(24-21(22)25-19)26-27-20(32)16(11-30(33)12-31)8-15-6-4-5-7-15/h12-16,33H,4-11H2,1-3H3,(H,27,32)(H,24,25,26). The quantitative estimate of drug-likeness (QED) is 0.211. The summed E-state index contributed by atoms with van der Waals surface area (Å²) in [6.45, 7) is 5.09. The van der Waals surface area contributed by atoms with Crippen LogP contribution in [-0.4, -0.2) is 76.2 Å².